The van der Waals surface area contributed by atoms with Crippen molar-refractivity contribution in [1.29, 1.82) is 0 Å². The van der Waals surface area contributed by atoms with Gasteiger partial charge in [0.05, 0.1) is 12.9 Å². The highest BCUT2D eigenvalue weighted by molar-refractivity contribution is 5.69. The Morgan fingerprint density at radius 2 is 2.21 bits per heavy atom. The van der Waals surface area contributed by atoms with Crippen molar-refractivity contribution in [3.8, 4) is 0 Å². The summed E-state index contributed by atoms with van der Waals surface area (Å²) in [6.45, 7) is 1.92. The van der Waals surface area contributed by atoms with Crippen molar-refractivity contribution >= 4 is 11.2 Å². The van der Waals surface area contributed by atoms with Crippen molar-refractivity contribution in [2.75, 3.05) is 0 Å². The molecule has 3 rings (SSSR count). The third-order valence-corrected chi connectivity index (χ3v) is 2.76. The quantitative estimate of drug-likeness (QED) is 0.644. The number of aromatic nitrogens is 6. The molecule has 0 spiro atoms. The van der Waals surface area contributed by atoms with Crippen LogP contribution in [0.1, 0.15) is 11.7 Å². The lowest BCUT2D eigenvalue weighted by Crippen LogP contribution is -2.33. The Morgan fingerprint density at radius 1 is 1.42 bits per heavy atom. The molecule has 98 valence electrons. The highest BCUT2D eigenvalue weighted by Gasteiger charge is 2.13. The fourth-order valence-electron chi connectivity index (χ4n) is 1.81. The van der Waals surface area contributed by atoms with Gasteiger partial charge >= 0.3 is 5.69 Å². The Bertz CT molecular complexity index is 867. The molecule has 0 aliphatic heterocycles. The smallest absolute Gasteiger partial charge is 0.329 e. The second-order valence-electron chi connectivity index (χ2n) is 4.09. The van der Waals surface area contributed by atoms with Crippen LogP contribution in [0.2, 0.25) is 0 Å². The van der Waals surface area contributed by atoms with Crippen LogP contribution < -0.4 is 11.2 Å². The van der Waals surface area contributed by atoms with E-state index in [4.69, 9.17) is 4.52 Å². The van der Waals surface area contributed by atoms with Crippen LogP contribution in [0.15, 0.2) is 20.4 Å². The molecule has 3 aromatic heterocycles. The first-order valence-electron chi connectivity index (χ1n) is 5.49. The molecule has 0 aliphatic carbocycles. The SMILES string of the molecule is Cc1nc(Cn2cnc3[nH]c(=O)n(C)c(=O)c32)no1. The zero-order valence-electron chi connectivity index (χ0n) is 10.2. The minimum Gasteiger partial charge on any atom is -0.340 e. The lowest BCUT2D eigenvalue weighted by Gasteiger charge is -2.00. The summed E-state index contributed by atoms with van der Waals surface area (Å²) in [7, 11) is 1.40. The summed E-state index contributed by atoms with van der Waals surface area (Å²) in [6, 6.07) is 0. The first-order valence-corrected chi connectivity index (χ1v) is 5.49. The molecule has 0 bridgehead atoms. The Hall–Kier alpha value is -2.71. The van der Waals surface area contributed by atoms with E-state index in [0.717, 1.165) is 4.57 Å². The van der Waals surface area contributed by atoms with Crippen LogP contribution in [0.25, 0.3) is 11.2 Å². The second kappa shape index (κ2) is 3.90. The summed E-state index contributed by atoms with van der Waals surface area (Å²) < 4.78 is 7.42. The maximum Gasteiger partial charge on any atom is 0.329 e. The predicted molar refractivity (Wildman–Crippen MR) is 63.7 cm³/mol. The van der Waals surface area contributed by atoms with Gasteiger partial charge in [-0.1, -0.05) is 5.16 Å². The van der Waals surface area contributed by atoms with E-state index in [9.17, 15) is 9.59 Å². The molecular formula is C10H10N6O3. The normalized spacial score (nSPS) is 11.3. The summed E-state index contributed by atoms with van der Waals surface area (Å²) in [5.41, 5.74) is -0.382. The number of nitrogens with one attached hydrogen (secondary N) is 1. The number of nitrogens with zero attached hydrogens (tertiary/aromatic N) is 5. The summed E-state index contributed by atoms with van der Waals surface area (Å²) in [5.74, 6) is 0.880. The van der Waals surface area contributed by atoms with Gasteiger partial charge in [0.2, 0.25) is 5.89 Å². The van der Waals surface area contributed by atoms with Gasteiger partial charge in [0, 0.05) is 14.0 Å². The molecule has 3 heterocycles. The van der Waals surface area contributed by atoms with E-state index >= 15 is 0 Å². The van der Waals surface area contributed by atoms with Crippen molar-refractivity contribution in [3.05, 3.63) is 38.9 Å². The van der Waals surface area contributed by atoms with Crippen LogP contribution in [0.4, 0.5) is 0 Å². The monoisotopic (exact) mass is 262 g/mol. The number of aryl methyl sites for hydroxylation is 1. The van der Waals surface area contributed by atoms with Gasteiger partial charge in [0.25, 0.3) is 5.56 Å². The van der Waals surface area contributed by atoms with E-state index in [0.29, 0.717) is 17.2 Å². The van der Waals surface area contributed by atoms with E-state index in [1.165, 1.54) is 13.4 Å². The van der Waals surface area contributed by atoms with E-state index in [-0.39, 0.29) is 12.2 Å². The van der Waals surface area contributed by atoms with Crippen LogP contribution >= 0.6 is 0 Å². The van der Waals surface area contributed by atoms with E-state index in [1.807, 2.05) is 0 Å². The van der Waals surface area contributed by atoms with Crippen LogP contribution in [0, 0.1) is 6.92 Å². The van der Waals surface area contributed by atoms with Crippen molar-refractivity contribution < 1.29 is 4.52 Å². The number of hydrogen-bond donors (Lipinski definition) is 1. The zero-order valence-corrected chi connectivity index (χ0v) is 10.2. The summed E-state index contributed by atoms with van der Waals surface area (Å²) in [6.07, 6.45) is 1.45. The van der Waals surface area contributed by atoms with Gasteiger partial charge < -0.3 is 9.09 Å². The van der Waals surface area contributed by atoms with E-state index in [1.54, 1.807) is 11.5 Å². The summed E-state index contributed by atoms with van der Waals surface area (Å²) in [4.78, 5) is 34.1. The van der Waals surface area contributed by atoms with E-state index < -0.39 is 11.2 Å². The first kappa shape index (κ1) is 11.4. The topological polar surface area (TPSA) is 112 Å². The van der Waals surface area contributed by atoms with Crippen LogP contribution in [-0.2, 0) is 13.6 Å². The maximum absolute atomic E-state index is 12.0. The molecule has 9 nitrogen and oxygen atoms in total. The van der Waals surface area contributed by atoms with Crippen LogP contribution in [-0.4, -0.2) is 29.2 Å². The molecule has 0 radical (unpaired) electrons. The fraction of sp³-hybridized carbons (Fsp3) is 0.300. The molecular weight excluding hydrogens is 252 g/mol. The summed E-state index contributed by atoms with van der Waals surface area (Å²) in [5, 5.41) is 3.75. The van der Waals surface area contributed by atoms with Crippen molar-refractivity contribution in [1.82, 2.24) is 29.2 Å². The second-order valence-corrected chi connectivity index (χ2v) is 4.09. The molecule has 0 saturated carbocycles. The van der Waals surface area contributed by atoms with Gasteiger partial charge in [-0.15, -0.1) is 0 Å². The molecule has 0 amide bonds. The largest absolute Gasteiger partial charge is 0.340 e. The Labute approximate surface area is 105 Å². The molecule has 0 aromatic carbocycles. The van der Waals surface area contributed by atoms with E-state index in [2.05, 4.69) is 20.1 Å². The number of aromatic amines is 1. The molecule has 0 fully saturated rings. The highest BCUT2D eigenvalue weighted by atomic mass is 16.5. The van der Waals surface area contributed by atoms with Crippen molar-refractivity contribution in [2.24, 2.45) is 7.05 Å². The lowest BCUT2D eigenvalue weighted by molar-refractivity contribution is 0.386. The van der Waals surface area contributed by atoms with Gasteiger partial charge in [-0.2, -0.15) is 4.98 Å². The molecule has 0 unspecified atom stereocenters. The molecule has 0 atom stereocenters. The minimum absolute atomic E-state index is 0.244. The van der Waals surface area contributed by atoms with Crippen molar-refractivity contribution in [3.63, 3.8) is 0 Å². The Kier molecular flexibility index (Phi) is 2.34. The number of rotatable bonds is 2. The number of hydrogen-bond acceptors (Lipinski definition) is 6. The average molecular weight is 262 g/mol. The molecule has 1 N–H and O–H groups in total. The average Bonchev–Trinajstić information content (AvgIpc) is 2.94. The van der Waals surface area contributed by atoms with Gasteiger partial charge in [-0.25, -0.2) is 9.78 Å². The third-order valence-electron chi connectivity index (χ3n) is 2.76. The Balaban J connectivity index is 2.18. The zero-order chi connectivity index (χ0) is 13.6. The van der Waals surface area contributed by atoms with Gasteiger partial charge in [0.1, 0.15) is 0 Å². The standard InChI is InChI=1S/C10H10N6O3/c1-5-12-6(14-19-5)3-16-4-11-8-7(16)9(17)15(2)10(18)13-8/h4H,3H2,1-2H3,(H,13,18). The maximum atomic E-state index is 12.0. The number of imidazole rings is 1. The van der Waals surface area contributed by atoms with Gasteiger partial charge in [-0.3, -0.25) is 14.3 Å². The number of H-pyrrole nitrogens is 1. The number of fused-ring (bicyclic) bond motifs is 1. The molecule has 0 saturated heterocycles. The predicted octanol–water partition coefficient (Wildman–Crippen LogP) is -0.837. The molecule has 3 aromatic rings. The van der Waals surface area contributed by atoms with Crippen molar-refractivity contribution in [2.45, 2.75) is 13.5 Å². The Morgan fingerprint density at radius 3 is 2.89 bits per heavy atom. The van der Waals surface area contributed by atoms with Gasteiger partial charge in [0.15, 0.2) is 17.0 Å². The lowest BCUT2D eigenvalue weighted by atomic mass is 10.5. The third kappa shape index (κ3) is 1.75. The first-order chi connectivity index (χ1) is 9.06. The van der Waals surface area contributed by atoms with Crippen LogP contribution in [0.5, 0.6) is 0 Å². The molecule has 9 heteroatoms. The summed E-state index contributed by atoms with van der Waals surface area (Å²) >= 11 is 0. The fourth-order valence-corrected chi connectivity index (χ4v) is 1.81. The minimum atomic E-state index is -0.502. The van der Waals surface area contributed by atoms with Gasteiger partial charge in [-0.05, 0) is 0 Å². The molecule has 0 aliphatic rings. The molecule has 19 heavy (non-hydrogen) atoms. The van der Waals surface area contributed by atoms with Crippen LogP contribution in [0.3, 0.4) is 0 Å². The highest BCUT2D eigenvalue weighted by Crippen LogP contribution is 2.06.